The molecule has 1 aliphatic heterocycles. The van der Waals surface area contributed by atoms with Gasteiger partial charge in [0.05, 0.1) is 33.0 Å². The first kappa shape index (κ1) is 16.2. The molecule has 0 aromatic heterocycles. The maximum absolute atomic E-state index is 11.8. The van der Waals surface area contributed by atoms with Gasteiger partial charge in [-0.05, 0) is 20.8 Å². The van der Waals surface area contributed by atoms with Crippen LogP contribution in [-0.4, -0.2) is 79.1 Å². The molecule has 1 rings (SSSR count). The minimum atomic E-state index is -0.318. The smallest absolute Gasteiger partial charge is 0.409 e. The second-order valence-corrected chi connectivity index (χ2v) is 5.74. The van der Waals surface area contributed by atoms with E-state index < -0.39 is 0 Å². The lowest BCUT2D eigenvalue weighted by Gasteiger charge is -2.39. The van der Waals surface area contributed by atoms with Crippen LogP contribution in [0.1, 0.15) is 20.8 Å². The maximum atomic E-state index is 11.8. The predicted molar refractivity (Wildman–Crippen MR) is 72.1 cm³/mol. The number of aliphatic hydroxyl groups is 1. The highest BCUT2D eigenvalue weighted by molar-refractivity contribution is 5.68. The van der Waals surface area contributed by atoms with Crippen molar-refractivity contribution in [2.24, 2.45) is 0 Å². The van der Waals surface area contributed by atoms with Gasteiger partial charge >= 0.3 is 6.09 Å². The molecule has 1 fully saturated rings. The third-order valence-corrected chi connectivity index (χ3v) is 3.38. The molecule has 0 spiro atoms. The Morgan fingerprint density at radius 3 is 2.74 bits per heavy atom. The minimum Gasteiger partial charge on any atom is -0.453 e. The summed E-state index contributed by atoms with van der Waals surface area (Å²) >= 11 is 0. The lowest BCUT2D eigenvalue weighted by atomic mass is 10.1. The van der Waals surface area contributed by atoms with Crippen LogP contribution < -0.4 is 0 Å². The lowest BCUT2D eigenvalue weighted by molar-refractivity contribution is -0.0325. The van der Waals surface area contributed by atoms with Crippen molar-refractivity contribution >= 4 is 6.09 Å². The fourth-order valence-corrected chi connectivity index (χ4v) is 2.19. The highest BCUT2D eigenvalue weighted by Crippen LogP contribution is 2.15. The van der Waals surface area contributed by atoms with Crippen LogP contribution in [0.25, 0.3) is 0 Å². The largest absolute Gasteiger partial charge is 0.453 e. The third kappa shape index (κ3) is 4.63. The standard InChI is InChI=1S/C13H26N2O4/c1-13(2,3)15(12(17)18-4)6-5-14-7-8-19-10-11(14)9-16/h11,16H,5-10H2,1-4H3. The fraction of sp³-hybridized carbons (Fsp3) is 0.923. The van der Waals surface area contributed by atoms with Gasteiger partial charge in [-0.1, -0.05) is 0 Å². The van der Waals surface area contributed by atoms with Gasteiger partial charge in [-0.2, -0.15) is 0 Å². The normalized spacial score (nSPS) is 21.2. The average Bonchev–Trinajstić information content (AvgIpc) is 2.37. The Labute approximate surface area is 115 Å². The van der Waals surface area contributed by atoms with E-state index in [2.05, 4.69) is 4.90 Å². The molecule has 0 aliphatic carbocycles. The fourth-order valence-electron chi connectivity index (χ4n) is 2.19. The molecule has 6 nitrogen and oxygen atoms in total. The molecule has 1 unspecified atom stereocenters. The summed E-state index contributed by atoms with van der Waals surface area (Å²) in [7, 11) is 1.40. The molecule has 0 bridgehead atoms. The molecule has 0 aromatic carbocycles. The zero-order chi connectivity index (χ0) is 14.5. The molecule has 1 N–H and O–H groups in total. The highest BCUT2D eigenvalue weighted by Gasteiger charge is 2.29. The second-order valence-electron chi connectivity index (χ2n) is 5.74. The topological polar surface area (TPSA) is 62.2 Å². The number of hydrogen-bond donors (Lipinski definition) is 1. The summed E-state index contributed by atoms with van der Waals surface area (Å²) in [6.07, 6.45) is -0.318. The summed E-state index contributed by atoms with van der Waals surface area (Å²) in [6.45, 7) is 9.30. The van der Waals surface area contributed by atoms with Gasteiger partial charge in [0.2, 0.25) is 0 Å². The number of ether oxygens (including phenoxy) is 2. The molecule has 19 heavy (non-hydrogen) atoms. The number of hydrogen-bond acceptors (Lipinski definition) is 5. The molecular formula is C13H26N2O4. The van der Waals surface area contributed by atoms with Crippen molar-refractivity contribution in [2.75, 3.05) is 46.6 Å². The van der Waals surface area contributed by atoms with Crippen LogP contribution in [0.15, 0.2) is 0 Å². The molecule has 1 atom stereocenters. The molecule has 1 aliphatic rings. The van der Waals surface area contributed by atoms with E-state index in [1.54, 1.807) is 4.90 Å². The number of morpholine rings is 1. The molecule has 1 saturated heterocycles. The van der Waals surface area contributed by atoms with E-state index in [9.17, 15) is 9.90 Å². The zero-order valence-corrected chi connectivity index (χ0v) is 12.4. The van der Waals surface area contributed by atoms with Gasteiger partial charge in [-0.25, -0.2) is 4.79 Å². The van der Waals surface area contributed by atoms with Crippen molar-refractivity contribution in [3.05, 3.63) is 0 Å². The zero-order valence-electron chi connectivity index (χ0n) is 12.4. The van der Waals surface area contributed by atoms with E-state index in [0.29, 0.717) is 26.3 Å². The number of amides is 1. The van der Waals surface area contributed by atoms with E-state index in [4.69, 9.17) is 9.47 Å². The number of rotatable bonds is 4. The van der Waals surface area contributed by atoms with Crippen LogP contribution >= 0.6 is 0 Å². The third-order valence-electron chi connectivity index (χ3n) is 3.38. The highest BCUT2D eigenvalue weighted by atomic mass is 16.5. The Morgan fingerprint density at radius 1 is 1.53 bits per heavy atom. The number of aliphatic hydroxyl groups excluding tert-OH is 1. The molecule has 0 radical (unpaired) electrons. The predicted octanol–water partition coefficient (Wildman–Crippen LogP) is 0.546. The molecular weight excluding hydrogens is 248 g/mol. The maximum Gasteiger partial charge on any atom is 0.409 e. The molecule has 1 amide bonds. The van der Waals surface area contributed by atoms with Crippen molar-refractivity contribution in [2.45, 2.75) is 32.4 Å². The summed E-state index contributed by atoms with van der Waals surface area (Å²) in [5, 5.41) is 9.31. The summed E-state index contributed by atoms with van der Waals surface area (Å²) in [5.74, 6) is 0. The Hall–Kier alpha value is -0.850. The first-order valence-electron chi connectivity index (χ1n) is 6.68. The summed E-state index contributed by atoms with van der Waals surface area (Å²) < 4.78 is 10.2. The van der Waals surface area contributed by atoms with Crippen LogP contribution in [0.4, 0.5) is 4.79 Å². The first-order chi connectivity index (χ1) is 8.90. The average molecular weight is 274 g/mol. The Morgan fingerprint density at radius 2 is 2.21 bits per heavy atom. The van der Waals surface area contributed by atoms with Crippen molar-refractivity contribution < 1.29 is 19.4 Å². The van der Waals surface area contributed by atoms with Crippen LogP contribution in [0.2, 0.25) is 0 Å². The lowest BCUT2D eigenvalue weighted by Crippen LogP contribution is -2.53. The van der Waals surface area contributed by atoms with Gasteiger partial charge in [-0.15, -0.1) is 0 Å². The summed E-state index contributed by atoms with van der Waals surface area (Å²) in [4.78, 5) is 15.7. The van der Waals surface area contributed by atoms with Crippen molar-refractivity contribution in [3.8, 4) is 0 Å². The van der Waals surface area contributed by atoms with E-state index in [0.717, 1.165) is 6.54 Å². The first-order valence-corrected chi connectivity index (χ1v) is 6.68. The van der Waals surface area contributed by atoms with Gasteiger partial charge < -0.3 is 19.5 Å². The SMILES string of the molecule is COC(=O)N(CCN1CCOCC1CO)C(C)(C)C. The monoisotopic (exact) mass is 274 g/mol. The number of nitrogens with zero attached hydrogens (tertiary/aromatic N) is 2. The van der Waals surface area contributed by atoms with Crippen LogP contribution in [-0.2, 0) is 9.47 Å². The van der Waals surface area contributed by atoms with Crippen molar-refractivity contribution in [1.82, 2.24) is 9.80 Å². The molecule has 112 valence electrons. The molecule has 6 heteroatoms. The van der Waals surface area contributed by atoms with E-state index >= 15 is 0 Å². The van der Waals surface area contributed by atoms with Crippen LogP contribution in [0.3, 0.4) is 0 Å². The quantitative estimate of drug-likeness (QED) is 0.811. The van der Waals surface area contributed by atoms with Crippen LogP contribution in [0.5, 0.6) is 0 Å². The van der Waals surface area contributed by atoms with Crippen molar-refractivity contribution in [1.29, 1.82) is 0 Å². The van der Waals surface area contributed by atoms with Gasteiger partial charge in [0.15, 0.2) is 0 Å². The Bertz CT molecular complexity index is 291. The number of methoxy groups -OCH3 is 1. The van der Waals surface area contributed by atoms with E-state index in [1.807, 2.05) is 20.8 Å². The van der Waals surface area contributed by atoms with E-state index in [1.165, 1.54) is 7.11 Å². The van der Waals surface area contributed by atoms with Crippen LogP contribution in [0, 0.1) is 0 Å². The molecule has 0 saturated carbocycles. The van der Waals surface area contributed by atoms with Gasteiger partial charge in [0.1, 0.15) is 0 Å². The van der Waals surface area contributed by atoms with Crippen molar-refractivity contribution in [3.63, 3.8) is 0 Å². The van der Waals surface area contributed by atoms with E-state index in [-0.39, 0.29) is 24.3 Å². The van der Waals surface area contributed by atoms with Gasteiger partial charge in [0.25, 0.3) is 0 Å². The molecule has 0 aromatic rings. The number of carbonyl (C=O) groups is 1. The second kappa shape index (κ2) is 7.07. The minimum absolute atomic E-state index is 0.0215. The Kier molecular flexibility index (Phi) is 6.03. The summed E-state index contributed by atoms with van der Waals surface area (Å²) in [6, 6.07) is 0.0215. The summed E-state index contributed by atoms with van der Waals surface area (Å²) in [5.41, 5.74) is -0.284. The van der Waals surface area contributed by atoms with Gasteiger partial charge in [0, 0.05) is 25.2 Å². The van der Waals surface area contributed by atoms with Gasteiger partial charge in [-0.3, -0.25) is 4.90 Å². The number of carbonyl (C=O) groups excluding carboxylic acids is 1. The Balaban J connectivity index is 2.57. The molecule has 1 heterocycles.